The van der Waals surface area contributed by atoms with Gasteiger partial charge in [0.1, 0.15) is 5.82 Å². The van der Waals surface area contributed by atoms with E-state index in [1.54, 1.807) is 41.3 Å². The Balaban J connectivity index is 1.61. The molecule has 1 heterocycles. The summed E-state index contributed by atoms with van der Waals surface area (Å²) in [5.74, 6) is -0.443. The summed E-state index contributed by atoms with van der Waals surface area (Å²) in [4.78, 5) is 27.3. The average molecular weight is 341 g/mol. The predicted molar refractivity (Wildman–Crippen MR) is 95.3 cm³/mol. The van der Waals surface area contributed by atoms with E-state index in [0.29, 0.717) is 43.1 Å². The molecule has 130 valence electrons. The lowest BCUT2D eigenvalue weighted by atomic mass is 10.1. The summed E-state index contributed by atoms with van der Waals surface area (Å²) in [5, 5.41) is 2.67. The number of hydrogen-bond donors (Lipinski definition) is 1. The van der Waals surface area contributed by atoms with Gasteiger partial charge in [0.05, 0.1) is 5.69 Å². The standard InChI is InChI=1S/C19H20FN3O2/c1-14(24)21-16-8-6-15(7-9-16)19(25)23-12-10-22(11-13-23)18-5-3-2-4-17(18)20/h2-9H,10-13H2,1H3,(H,21,24). The molecule has 0 unspecified atom stereocenters. The molecule has 6 heteroatoms. The van der Waals surface area contributed by atoms with Gasteiger partial charge in [-0.1, -0.05) is 12.1 Å². The molecule has 2 aromatic rings. The van der Waals surface area contributed by atoms with Crippen molar-refractivity contribution in [1.29, 1.82) is 0 Å². The number of carbonyl (C=O) groups is 2. The highest BCUT2D eigenvalue weighted by molar-refractivity contribution is 5.95. The van der Waals surface area contributed by atoms with Crippen LogP contribution in [0.3, 0.4) is 0 Å². The van der Waals surface area contributed by atoms with Crippen molar-refractivity contribution in [3.05, 3.63) is 59.9 Å². The van der Waals surface area contributed by atoms with E-state index in [2.05, 4.69) is 5.32 Å². The van der Waals surface area contributed by atoms with Crippen molar-refractivity contribution < 1.29 is 14.0 Å². The van der Waals surface area contributed by atoms with Crippen LogP contribution < -0.4 is 10.2 Å². The number of nitrogens with zero attached hydrogens (tertiary/aromatic N) is 2. The van der Waals surface area contributed by atoms with Crippen LogP contribution in [-0.2, 0) is 4.79 Å². The van der Waals surface area contributed by atoms with Gasteiger partial charge in [-0.05, 0) is 36.4 Å². The zero-order chi connectivity index (χ0) is 17.8. The van der Waals surface area contributed by atoms with Gasteiger partial charge in [-0.2, -0.15) is 0 Å². The second-order valence-electron chi connectivity index (χ2n) is 5.99. The third-order valence-electron chi connectivity index (χ3n) is 4.21. The summed E-state index contributed by atoms with van der Waals surface area (Å²) >= 11 is 0. The summed E-state index contributed by atoms with van der Waals surface area (Å²) in [6.45, 7) is 3.71. The van der Waals surface area contributed by atoms with E-state index in [1.165, 1.54) is 13.0 Å². The minimum atomic E-state index is -0.240. The third-order valence-corrected chi connectivity index (χ3v) is 4.21. The lowest BCUT2D eigenvalue weighted by Crippen LogP contribution is -2.49. The summed E-state index contributed by atoms with van der Waals surface area (Å²) in [6, 6.07) is 13.5. The number of carbonyl (C=O) groups excluding carboxylic acids is 2. The van der Waals surface area contributed by atoms with E-state index in [-0.39, 0.29) is 17.6 Å². The van der Waals surface area contributed by atoms with Crippen LogP contribution in [0.5, 0.6) is 0 Å². The molecule has 0 radical (unpaired) electrons. The van der Waals surface area contributed by atoms with E-state index in [4.69, 9.17) is 0 Å². The molecular formula is C19H20FN3O2. The van der Waals surface area contributed by atoms with Gasteiger partial charge in [0, 0.05) is 44.4 Å². The van der Waals surface area contributed by atoms with Crippen LogP contribution in [0.1, 0.15) is 17.3 Å². The minimum absolute atomic E-state index is 0.0532. The summed E-state index contributed by atoms with van der Waals surface area (Å²) < 4.78 is 13.9. The first kappa shape index (κ1) is 17.0. The third kappa shape index (κ3) is 3.96. The summed E-state index contributed by atoms with van der Waals surface area (Å²) in [6.07, 6.45) is 0. The average Bonchev–Trinajstić information content (AvgIpc) is 2.62. The second-order valence-corrected chi connectivity index (χ2v) is 5.99. The maximum absolute atomic E-state index is 13.9. The molecular weight excluding hydrogens is 321 g/mol. The fourth-order valence-corrected chi connectivity index (χ4v) is 2.94. The molecule has 1 fully saturated rings. The monoisotopic (exact) mass is 341 g/mol. The molecule has 2 amide bonds. The first-order valence-corrected chi connectivity index (χ1v) is 8.21. The normalized spacial score (nSPS) is 14.3. The molecule has 0 spiro atoms. The summed E-state index contributed by atoms with van der Waals surface area (Å²) in [5.41, 5.74) is 1.82. The molecule has 1 aliphatic rings. The van der Waals surface area contributed by atoms with Crippen molar-refractivity contribution in [3.63, 3.8) is 0 Å². The van der Waals surface area contributed by atoms with Crippen LogP contribution in [0.25, 0.3) is 0 Å². The molecule has 1 aliphatic heterocycles. The highest BCUT2D eigenvalue weighted by atomic mass is 19.1. The fraction of sp³-hybridized carbons (Fsp3) is 0.263. The number of rotatable bonds is 3. The molecule has 5 nitrogen and oxygen atoms in total. The maximum Gasteiger partial charge on any atom is 0.253 e. The van der Waals surface area contributed by atoms with Crippen molar-refractivity contribution in [2.75, 3.05) is 36.4 Å². The molecule has 0 aromatic heterocycles. The van der Waals surface area contributed by atoms with Gasteiger partial charge >= 0.3 is 0 Å². The SMILES string of the molecule is CC(=O)Nc1ccc(C(=O)N2CCN(c3ccccc3F)CC2)cc1. The van der Waals surface area contributed by atoms with Gasteiger partial charge in [0.25, 0.3) is 5.91 Å². The molecule has 1 N–H and O–H groups in total. The van der Waals surface area contributed by atoms with Gasteiger partial charge in [-0.25, -0.2) is 4.39 Å². The van der Waals surface area contributed by atoms with Crippen molar-refractivity contribution in [3.8, 4) is 0 Å². The molecule has 25 heavy (non-hydrogen) atoms. The molecule has 0 saturated carbocycles. The Morgan fingerprint density at radius 3 is 2.20 bits per heavy atom. The summed E-state index contributed by atoms with van der Waals surface area (Å²) in [7, 11) is 0. The van der Waals surface area contributed by atoms with Crippen molar-refractivity contribution in [1.82, 2.24) is 4.90 Å². The smallest absolute Gasteiger partial charge is 0.253 e. The van der Waals surface area contributed by atoms with Crippen molar-refractivity contribution in [2.45, 2.75) is 6.92 Å². The number of hydrogen-bond acceptors (Lipinski definition) is 3. The first-order valence-electron chi connectivity index (χ1n) is 8.21. The zero-order valence-electron chi connectivity index (χ0n) is 14.0. The number of amides is 2. The van der Waals surface area contributed by atoms with E-state index < -0.39 is 0 Å². The van der Waals surface area contributed by atoms with Gasteiger partial charge in [0.2, 0.25) is 5.91 Å². The molecule has 2 aromatic carbocycles. The van der Waals surface area contributed by atoms with Crippen molar-refractivity contribution in [2.24, 2.45) is 0 Å². The highest BCUT2D eigenvalue weighted by Gasteiger charge is 2.23. The lowest BCUT2D eigenvalue weighted by molar-refractivity contribution is -0.114. The minimum Gasteiger partial charge on any atom is -0.366 e. The Bertz CT molecular complexity index is 768. The Morgan fingerprint density at radius 2 is 1.60 bits per heavy atom. The largest absolute Gasteiger partial charge is 0.366 e. The quantitative estimate of drug-likeness (QED) is 0.934. The first-order chi connectivity index (χ1) is 12.0. The number of nitrogens with one attached hydrogen (secondary N) is 1. The van der Waals surface area contributed by atoms with Crippen LogP contribution >= 0.6 is 0 Å². The number of piperazine rings is 1. The number of para-hydroxylation sites is 1. The number of halogens is 1. The van der Waals surface area contributed by atoms with Crippen LogP contribution in [0.4, 0.5) is 15.8 Å². The van der Waals surface area contributed by atoms with Crippen LogP contribution in [0.2, 0.25) is 0 Å². The molecule has 0 aliphatic carbocycles. The van der Waals surface area contributed by atoms with Crippen molar-refractivity contribution >= 4 is 23.2 Å². The van der Waals surface area contributed by atoms with Crippen LogP contribution in [-0.4, -0.2) is 42.9 Å². The molecule has 0 atom stereocenters. The Labute approximate surface area is 146 Å². The number of benzene rings is 2. The Kier molecular flexibility index (Phi) is 4.97. The topological polar surface area (TPSA) is 52.7 Å². The maximum atomic E-state index is 13.9. The second kappa shape index (κ2) is 7.34. The Morgan fingerprint density at radius 1 is 0.960 bits per heavy atom. The van der Waals surface area contributed by atoms with E-state index in [0.717, 1.165) is 0 Å². The van der Waals surface area contributed by atoms with E-state index >= 15 is 0 Å². The molecule has 0 bridgehead atoms. The zero-order valence-corrected chi connectivity index (χ0v) is 14.0. The van der Waals surface area contributed by atoms with Gasteiger partial charge < -0.3 is 15.1 Å². The Hall–Kier alpha value is -2.89. The lowest BCUT2D eigenvalue weighted by Gasteiger charge is -2.36. The van der Waals surface area contributed by atoms with Gasteiger partial charge in [0.15, 0.2) is 0 Å². The number of anilines is 2. The highest BCUT2D eigenvalue weighted by Crippen LogP contribution is 2.21. The van der Waals surface area contributed by atoms with Gasteiger partial charge in [-0.15, -0.1) is 0 Å². The van der Waals surface area contributed by atoms with E-state index in [9.17, 15) is 14.0 Å². The predicted octanol–water partition coefficient (Wildman–Crippen LogP) is 2.75. The van der Waals surface area contributed by atoms with Gasteiger partial charge in [-0.3, -0.25) is 9.59 Å². The van der Waals surface area contributed by atoms with Crippen LogP contribution in [0.15, 0.2) is 48.5 Å². The fourth-order valence-electron chi connectivity index (χ4n) is 2.94. The van der Waals surface area contributed by atoms with Crippen LogP contribution in [0, 0.1) is 5.82 Å². The van der Waals surface area contributed by atoms with E-state index in [1.807, 2.05) is 11.0 Å². The molecule has 3 rings (SSSR count). The molecule has 1 saturated heterocycles.